The van der Waals surface area contributed by atoms with E-state index in [-0.39, 0.29) is 0 Å². The number of hydrogen-bond acceptors (Lipinski definition) is 1. The molecule has 0 aliphatic carbocycles. The third-order valence-electron chi connectivity index (χ3n) is 1.27. The largest absolute Gasteiger partial charge is 0.192 e. The van der Waals surface area contributed by atoms with E-state index in [1.54, 1.807) is 0 Å². The highest BCUT2D eigenvalue weighted by molar-refractivity contribution is 6.33. The van der Waals surface area contributed by atoms with E-state index in [9.17, 15) is 0 Å². The van der Waals surface area contributed by atoms with E-state index in [0.717, 1.165) is 11.0 Å². The van der Waals surface area contributed by atoms with Crippen LogP contribution in [0.2, 0.25) is 0 Å². The van der Waals surface area contributed by atoms with E-state index in [2.05, 4.69) is 6.07 Å². The zero-order chi connectivity index (χ0) is 6.69. The van der Waals surface area contributed by atoms with E-state index < -0.39 is 0 Å². The molecule has 1 rings (SSSR count). The molecule has 0 atom stereocenters. The summed E-state index contributed by atoms with van der Waals surface area (Å²) in [5.41, 5.74) is 1.80. The highest BCUT2D eigenvalue weighted by Gasteiger charge is 1.89. The van der Waals surface area contributed by atoms with Crippen LogP contribution in [0.25, 0.3) is 0 Å². The van der Waals surface area contributed by atoms with Crippen molar-refractivity contribution in [3.05, 3.63) is 29.8 Å². The lowest BCUT2D eigenvalue weighted by Crippen LogP contribution is -2.05. The van der Waals surface area contributed by atoms with E-state index in [1.807, 2.05) is 32.1 Å². The summed E-state index contributed by atoms with van der Waals surface area (Å²) < 4.78 is 0. The van der Waals surface area contributed by atoms with Crippen LogP contribution in [0.3, 0.4) is 0 Å². The molecule has 0 aromatic heterocycles. The van der Waals surface area contributed by atoms with Gasteiger partial charge in [-0.2, -0.15) is 5.26 Å². The molecular weight excluding hydrogens is 109 g/mol. The minimum absolute atomic E-state index is 0.762. The quantitative estimate of drug-likeness (QED) is 0.430. The summed E-state index contributed by atoms with van der Waals surface area (Å²) in [5.74, 6) is 0. The highest BCUT2D eigenvalue weighted by atomic mass is 14.2. The Morgan fingerprint density at radius 2 is 2.00 bits per heavy atom. The van der Waals surface area contributed by atoms with Gasteiger partial charge in [-0.05, 0) is 6.07 Å². The second kappa shape index (κ2) is 2.36. The Bertz CT molecular complexity index is 249. The summed E-state index contributed by atoms with van der Waals surface area (Å²) in [7, 11) is 1.93. The fourth-order valence-corrected chi connectivity index (χ4v) is 0.698. The van der Waals surface area contributed by atoms with Crippen LogP contribution in [0.5, 0.6) is 0 Å². The zero-order valence-electron chi connectivity index (χ0n) is 5.26. The van der Waals surface area contributed by atoms with Gasteiger partial charge in [-0.25, -0.2) is 0 Å². The number of nitrogens with zero attached hydrogens (tertiary/aromatic N) is 1. The van der Waals surface area contributed by atoms with Crippen molar-refractivity contribution in [3.63, 3.8) is 0 Å². The molecule has 0 N–H and O–H groups in total. The van der Waals surface area contributed by atoms with Crippen LogP contribution in [-0.2, 0) is 0 Å². The number of rotatable bonds is 0. The molecule has 0 heterocycles. The lowest BCUT2D eigenvalue weighted by Gasteiger charge is -1.90. The van der Waals surface area contributed by atoms with Gasteiger partial charge < -0.3 is 0 Å². The van der Waals surface area contributed by atoms with Gasteiger partial charge in [0.2, 0.25) is 0 Å². The maximum atomic E-state index is 8.47. The first-order valence-corrected chi connectivity index (χ1v) is 2.80. The van der Waals surface area contributed by atoms with Gasteiger partial charge in [0.15, 0.2) is 0 Å². The molecule has 2 heteroatoms. The molecule has 0 unspecified atom stereocenters. The van der Waals surface area contributed by atoms with E-state index in [4.69, 9.17) is 5.26 Å². The Kier molecular flexibility index (Phi) is 1.55. The summed E-state index contributed by atoms with van der Waals surface area (Å²) >= 11 is 0. The maximum Gasteiger partial charge on any atom is 0.141 e. The molecule has 0 bridgehead atoms. The Hall–Kier alpha value is -1.23. The van der Waals surface area contributed by atoms with Crippen LogP contribution < -0.4 is 5.46 Å². The molecule has 0 aliphatic rings. The Morgan fingerprint density at radius 3 is 2.44 bits per heavy atom. The predicted octanol–water partition coefficient (Wildman–Crippen LogP) is -0.183. The number of nitriles is 1. The summed E-state index contributed by atoms with van der Waals surface area (Å²) in [5, 5.41) is 8.47. The second-order valence-electron chi connectivity index (χ2n) is 1.93. The van der Waals surface area contributed by atoms with Gasteiger partial charge in [0.1, 0.15) is 7.85 Å². The number of hydrogen-bond donors (Lipinski definition) is 0. The molecule has 0 radical (unpaired) electrons. The van der Waals surface area contributed by atoms with Gasteiger partial charge >= 0.3 is 0 Å². The molecule has 1 nitrogen and oxygen atoms in total. The molecule has 9 heavy (non-hydrogen) atoms. The first-order valence-electron chi connectivity index (χ1n) is 2.80. The van der Waals surface area contributed by atoms with Gasteiger partial charge in [0.25, 0.3) is 0 Å². The van der Waals surface area contributed by atoms with Crippen LogP contribution in [-0.4, -0.2) is 7.85 Å². The van der Waals surface area contributed by atoms with E-state index >= 15 is 0 Å². The molecular formula is C7H6BN. The second-order valence-corrected chi connectivity index (χ2v) is 1.93. The van der Waals surface area contributed by atoms with E-state index in [1.165, 1.54) is 0 Å². The monoisotopic (exact) mass is 115 g/mol. The van der Waals surface area contributed by atoms with Crippen molar-refractivity contribution in [1.29, 1.82) is 5.26 Å². The molecule has 0 fully saturated rings. The molecule has 0 saturated carbocycles. The van der Waals surface area contributed by atoms with Crippen molar-refractivity contribution >= 4 is 13.3 Å². The van der Waals surface area contributed by atoms with Crippen LogP contribution in [0.4, 0.5) is 0 Å². The Balaban J connectivity index is 3.20. The van der Waals surface area contributed by atoms with Crippen LogP contribution in [0, 0.1) is 11.3 Å². The Morgan fingerprint density at radius 1 is 1.33 bits per heavy atom. The zero-order valence-corrected chi connectivity index (χ0v) is 5.26. The summed E-state index contributed by atoms with van der Waals surface area (Å²) in [6.07, 6.45) is 0. The minimum atomic E-state index is 0.762. The normalized spacial score (nSPS) is 8.33. The fourth-order valence-electron chi connectivity index (χ4n) is 0.698. The molecule has 0 saturated heterocycles. The fraction of sp³-hybridized carbons (Fsp3) is 0. The van der Waals surface area contributed by atoms with E-state index in [0.29, 0.717) is 0 Å². The minimum Gasteiger partial charge on any atom is -0.192 e. The average molecular weight is 115 g/mol. The topological polar surface area (TPSA) is 23.8 Å². The molecule has 0 aliphatic heterocycles. The van der Waals surface area contributed by atoms with Crippen molar-refractivity contribution in [1.82, 2.24) is 0 Å². The smallest absolute Gasteiger partial charge is 0.141 e. The number of benzene rings is 1. The highest BCUT2D eigenvalue weighted by Crippen LogP contribution is 1.89. The van der Waals surface area contributed by atoms with Crippen LogP contribution >= 0.6 is 0 Å². The van der Waals surface area contributed by atoms with Crippen molar-refractivity contribution < 1.29 is 0 Å². The lowest BCUT2D eigenvalue weighted by atomic mass is 9.91. The van der Waals surface area contributed by atoms with Crippen LogP contribution in [0.1, 0.15) is 5.56 Å². The van der Waals surface area contributed by atoms with Crippen LogP contribution in [0.15, 0.2) is 24.3 Å². The predicted molar refractivity (Wildman–Crippen MR) is 39.3 cm³/mol. The maximum absolute atomic E-state index is 8.47. The van der Waals surface area contributed by atoms with Crippen molar-refractivity contribution in [2.45, 2.75) is 0 Å². The average Bonchev–Trinajstić information content (AvgIpc) is 1.89. The third kappa shape index (κ3) is 1.11. The van der Waals surface area contributed by atoms with Crippen molar-refractivity contribution in [3.8, 4) is 6.07 Å². The molecule has 0 amide bonds. The summed E-state index contributed by atoms with van der Waals surface area (Å²) in [4.78, 5) is 0. The summed E-state index contributed by atoms with van der Waals surface area (Å²) in [6.45, 7) is 0. The van der Waals surface area contributed by atoms with Gasteiger partial charge in [0, 0.05) is 5.56 Å². The van der Waals surface area contributed by atoms with Crippen molar-refractivity contribution in [2.75, 3.05) is 0 Å². The van der Waals surface area contributed by atoms with Gasteiger partial charge in [-0.3, -0.25) is 0 Å². The van der Waals surface area contributed by atoms with Crippen molar-refractivity contribution in [2.24, 2.45) is 0 Å². The Labute approximate surface area is 55.3 Å². The standard InChI is InChI=1S/C7H6BN/c8-7-4-2-1-3-6(7)5-9/h1-4H,8H2. The first-order chi connectivity index (χ1) is 4.34. The first kappa shape index (κ1) is 5.90. The molecule has 0 spiro atoms. The molecule has 42 valence electrons. The third-order valence-corrected chi connectivity index (χ3v) is 1.27. The molecule has 1 aromatic rings. The van der Waals surface area contributed by atoms with Gasteiger partial charge in [0.05, 0.1) is 6.07 Å². The van der Waals surface area contributed by atoms with Gasteiger partial charge in [-0.15, -0.1) is 0 Å². The lowest BCUT2D eigenvalue weighted by molar-refractivity contribution is 1.50. The van der Waals surface area contributed by atoms with Gasteiger partial charge in [-0.1, -0.05) is 23.7 Å². The SMILES string of the molecule is Bc1ccccc1C#N. The molecule has 1 aromatic carbocycles. The summed E-state index contributed by atoms with van der Waals surface area (Å²) in [6, 6.07) is 9.63.